The highest BCUT2D eigenvalue weighted by molar-refractivity contribution is 6.03. The number of fused-ring (bicyclic) bond motifs is 3. The molecule has 3 aromatic rings. The number of hydrogen-bond acceptors (Lipinski definition) is 5. The van der Waals surface area contributed by atoms with Gasteiger partial charge in [-0.3, -0.25) is 24.0 Å². The van der Waals surface area contributed by atoms with Gasteiger partial charge < -0.3 is 10.1 Å². The zero-order valence-electron chi connectivity index (χ0n) is 18.7. The molecule has 1 saturated heterocycles. The highest BCUT2D eigenvalue weighted by atomic mass is 16.5. The lowest BCUT2D eigenvalue weighted by atomic mass is 10.1. The Balaban J connectivity index is 1.29. The summed E-state index contributed by atoms with van der Waals surface area (Å²) < 4.78 is 7.37. The molecule has 8 nitrogen and oxygen atoms in total. The number of morpholine rings is 1. The fraction of sp³-hybridized carbons (Fsp3) is 0.400. The van der Waals surface area contributed by atoms with Crippen LogP contribution in [0.4, 0.5) is 5.95 Å². The van der Waals surface area contributed by atoms with Crippen LogP contribution in [0, 0.1) is 0 Å². The molecule has 1 unspecified atom stereocenters. The highest BCUT2D eigenvalue weighted by Crippen LogP contribution is 2.36. The van der Waals surface area contributed by atoms with Gasteiger partial charge in [0, 0.05) is 32.7 Å². The summed E-state index contributed by atoms with van der Waals surface area (Å²) in [5.74, 6) is 0.453. The molecule has 0 spiro atoms. The summed E-state index contributed by atoms with van der Waals surface area (Å²) in [6.07, 6.45) is 0.866. The summed E-state index contributed by atoms with van der Waals surface area (Å²) in [4.78, 5) is 35.0. The van der Waals surface area contributed by atoms with Gasteiger partial charge in [0.15, 0.2) is 0 Å². The summed E-state index contributed by atoms with van der Waals surface area (Å²) in [7, 11) is 0. The van der Waals surface area contributed by atoms with Gasteiger partial charge in [-0.2, -0.15) is 0 Å². The number of rotatable bonds is 8. The van der Waals surface area contributed by atoms with Gasteiger partial charge in [0.25, 0.3) is 5.91 Å². The molecule has 1 fully saturated rings. The predicted molar refractivity (Wildman–Crippen MR) is 126 cm³/mol. The number of nitrogens with one attached hydrogen (secondary N) is 1. The van der Waals surface area contributed by atoms with Crippen molar-refractivity contribution in [1.29, 1.82) is 0 Å². The Hall–Kier alpha value is -3.23. The maximum absolute atomic E-state index is 13.4. The largest absolute Gasteiger partial charge is 0.379 e. The van der Waals surface area contributed by atoms with E-state index in [0.29, 0.717) is 19.0 Å². The Morgan fingerprint density at radius 2 is 1.79 bits per heavy atom. The quantitative estimate of drug-likeness (QED) is 0.572. The molecule has 5 rings (SSSR count). The number of anilines is 1. The van der Waals surface area contributed by atoms with E-state index in [1.54, 1.807) is 4.90 Å². The number of benzene rings is 2. The van der Waals surface area contributed by atoms with Crippen LogP contribution in [0.2, 0.25) is 0 Å². The second-order valence-electron chi connectivity index (χ2n) is 8.52. The van der Waals surface area contributed by atoms with E-state index < -0.39 is 6.04 Å². The average Bonchev–Trinajstić information content (AvgIpc) is 3.34. The second kappa shape index (κ2) is 9.72. The van der Waals surface area contributed by atoms with Gasteiger partial charge in [0.2, 0.25) is 11.9 Å². The molecule has 2 aliphatic heterocycles. The summed E-state index contributed by atoms with van der Waals surface area (Å²) in [5, 5.41) is 2.98. The Morgan fingerprint density at radius 3 is 2.61 bits per heavy atom. The van der Waals surface area contributed by atoms with Crippen molar-refractivity contribution in [3.8, 4) is 0 Å². The second-order valence-corrected chi connectivity index (χ2v) is 8.52. The van der Waals surface area contributed by atoms with E-state index >= 15 is 0 Å². The Kier molecular flexibility index (Phi) is 6.37. The van der Waals surface area contributed by atoms with Crippen LogP contribution in [0.25, 0.3) is 11.0 Å². The number of nitrogens with zero attached hydrogens (tertiary/aromatic N) is 4. The van der Waals surface area contributed by atoms with Crippen molar-refractivity contribution in [3.63, 3.8) is 0 Å². The number of carbonyl (C=O) groups is 2. The molecule has 1 aromatic heterocycles. The molecule has 2 aromatic carbocycles. The molecule has 0 saturated carbocycles. The summed E-state index contributed by atoms with van der Waals surface area (Å²) in [5.41, 5.74) is 2.90. The van der Waals surface area contributed by atoms with Gasteiger partial charge in [-0.15, -0.1) is 0 Å². The van der Waals surface area contributed by atoms with Crippen LogP contribution < -0.4 is 10.2 Å². The summed E-state index contributed by atoms with van der Waals surface area (Å²) in [6, 6.07) is 17.3. The number of ether oxygens (including phenoxy) is 1. The number of amides is 2. The van der Waals surface area contributed by atoms with E-state index in [-0.39, 0.29) is 18.2 Å². The fourth-order valence-corrected chi connectivity index (χ4v) is 4.61. The Bertz CT molecular complexity index is 1120. The van der Waals surface area contributed by atoms with Crippen molar-refractivity contribution < 1.29 is 14.3 Å². The molecule has 1 atom stereocenters. The van der Waals surface area contributed by atoms with Crippen LogP contribution in [-0.4, -0.2) is 72.2 Å². The van der Waals surface area contributed by atoms with E-state index in [4.69, 9.17) is 9.72 Å². The first-order valence-corrected chi connectivity index (χ1v) is 11.6. The van der Waals surface area contributed by atoms with Crippen molar-refractivity contribution in [2.24, 2.45) is 0 Å². The molecular weight excluding hydrogens is 418 g/mol. The van der Waals surface area contributed by atoms with Crippen LogP contribution in [0.5, 0.6) is 0 Å². The molecule has 3 heterocycles. The molecule has 172 valence electrons. The highest BCUT2D eigenvalue weighted by Gasteiger charge is 2.40. The molecule has 2 amide bonds. The zero-order valence-corrected chi connectivity index (χ0v) is 18.7. The lowest BCUT2D eigenvalue weighted by molar-refractivity contribution is -0.127. The molecule has 0 aliphatic carbocycles. The van der Waals surface area contributed by atoms with Gasteiger partial charge in [-0.1, -0.05) is 42.5 Å². The van der Waals surface area contributed by atoms with E-state index in [2.05, 4.69) is 10.2 Å². The van der Waals surface area contributed by atoms with Crippen LogP contribution in [-0.2, 0) is 20.7 Å². The van der Waals surface area contributed by atoms with Gasteiger partial charge >= 0.3 is 0 Å². The van der Waals surface area contributed by atoms with Crippen LogP contribution in [0.1, 0.15) is 18.0 Å². The van der Waals surface area contributed by atoms with Crippen molar-refractivity contribution >= 4 is 28.8 Å². The zero-order chi connectivity index (χ0) is 22.6. The third kappa shape index (κ3) is 4.62. The van der Waals surface area contributed by atoms with Crippen LogP contribution in [0.15, 0.2) is 54.6 Å². The van der Waals surface area contributed by atoms with Crippen molar-refractivity contribution in [2.45, 2.75) is 18.9 Å². The summed E-state index contributed by atoms with van der Waals surface area (Å²) >= 11 is 0. The molecule has 2 aliphatic rings. The standard InChI is InChI=1S/C25H29N5O3/c31-23(26-11-10-19-6-2-1-3-7-19)18-22-24(32)29(13-12-28-14-16-33-17-15-28)25-27-20-8-4-5-9-21(20)30(22)25/h1-9,22H,10-18H2,(H,26,31). The van der Waals surface area contributed by atoms with Crippen LogP contribution in [0.3, 0.4) is 0 Å². The summed E-state index contributed by atoms with van der Waals surface area (Å²) in [6.45, 7) is 5.03. The number of para-hydroxylation sites is 2. The van der Waals surface area contributed by atoms with Gasteiger partial charge in [-0.25, -0.2) is 4.98 Å². The van der Waals surface area contributed by atoms with Gasteiger partial charge in [0.1, 0.15) is 6.04 Å². The normalized spacial score (nSPS) is 18.6. The number of carbonyl (C=O) groups excluding carboxylic acids is 2. The van der Waals surface area contributed by atoms with E-state index in [1.807, 2.05) is 59.2 Å². The number of aromatic nitrogens is 2. The van der Waals surface area contributed by atoms with E-state index in [1.165, 1.54) is 5.56 Å². The SMILES string of the molecule is O=C(CC1C(=O)N(CCN2CCOCC2)c2nc3ccccc3n21)NCCc1ccccc1. The van der Waals surface area contributed by atoms with Crippen molar-refractivity contribution in [3.05, 3.63) is 60.2 Å². The Morgan fingerprint density at radius 1 is 1.03 bits per heavy atom. The van der Waals surface area contributed by atoms with Crippen molar-refractivity contribution in [2.75, 3.05) is 50.8 Å². The maximum Gasteiger partial charge on any atom is 0.253 e. The van der Waals surface area contributed by atoms with Crippen LogP contribution >= 0.6 is 0 Å². The lowest BCUT2D eigenvalue weighted by Gasteiger charge is -2.28. The Labute approximate surface area is 193 Å². The minimum atomic E-state index is -0.575. The number of imidazole rings is 1. The van der Waals surface area contributed by atoms with Gasteiger partial charge in [0.05, 0.1) is 30.7 Å². The molecule has 0 bridgehead atoms. The first kappa shape index (κ1) is 21.6. The van der Waals surface area contributed by atoms with Crippen molar-refractivity contribution in [1.82, 2.24) is 19.8 Å². The van der Waals surface area contributed by atoms with E-state index in [0.717, 1.165) is 50.3 Å². The van der Waals surface area contributed by atoms with Gasteiger partial charge in [-0.05, 0) is 24.1 Å². The lowest BCUT2D eigenvalue weighted by Crippen LogP contribution is -2.43. The minimum Gasteiger partial charge on any atom is -0.379 e. The predicted octanol–water partition coefficient (Wildman–Crippen LogP) is 2.01. The van der Waals surface area contributed by atoms with E-state index in [9.17, 15) is 9.59 Å². The average molecular weight is 448 g/mol. The monoisotopic (exact) mass is 447 g/mol. The third-order valence-corrected chi connectivity index (χ3v) is 6.38. The fourth-order valence-electron chi connectivity index (χ4n) is 4.61. The first-order chi connectivity index (χ1) is 16.2. The molecule has 1 N–H and O–H groups in total. The maximum atomic E-state index is 13.4. The smallest absolute Gasteiger partial charge is 0.253 e. The number of hydrogen-bond donors (Lipinski definition) is 1. The topological polar surface area (TPSA) is 79.7 Å². The molecule has 0 radical (unpaired) electrons. The minimum absolute atomic E-state index is 0.0604. The molecule has 8 heteroatoms. The molecular formula is C25H29N5O3. The first-order valence-electron chi connectivity index (χ1n) is 11.6. The molecule has 33 heavy (non-hydrogen) atoms. The third-order valence-electron chi connectivity index (χ3n) is 6.38.